The molecule has 0 unspecified atom stereocenters. The Morgan fingerprint density at radius 1 is 1.08 bits per heavy atom. The average Bonchev–Trinajstić information content (AvgIpc) is 3.53. The van der Waals surface area contributed by atoms with Crippen molar-refractivity contribution >= 4 is 34.3 Å². The summed E-state index contributed by atoms with van der Waals surface area (Å²) in [5.41, 5.74) is 1.48. The van der Waals surface area contributed by atoms with E-state index in [2.05, 4.69) is 25.5 Å². The fourth-order valence-corrected chi connectivity index (χ4v) is 5.87. The first kappa shape index (κ1) is 26.2. The van der Waals surface area contributed by atoms with Gasteiger partial charge in [-0.05, 0) is 45.1 Å². The minimum Gasteiger partial charge on any atom is -0.343 e. The molecule has 0 spiro atoms. The highest BCUT2D eigenvalue weighted by Crippen LogP contribution is 2.33. The molecule has 3 N–H and O–H groups in total. The van der Waals surface area contributed by atoms with Crippen LogP contribution in [-0.2, 0) is 14.4 Å². The summed E-state index contributed by atoms with van der Waals surface area (Å²) in [5.74, 6) is -0.524. The van der Waals surface area contributed by atoms with Crippen molar-refractivity contribution in [3.8, 4) is 11.3 Å². The molecule has 194 valence electrons. The molecule has 0 bridgehead atoms. The molecule has 4 atom stereocenters. The molecule has 1 aliphatic carbocycles. The first-order chi connectivity index (χ1) is 17.4. The summed E-state index contributed by atoms with van der Waals surface area (Å²) in [4.78, 5) is 41.9. The van der Waals surface area contributed by atoms with Crippen LogP contribution < -0.4 is 16.0 Å². The molecule has 1 aromatic carbocycles. The van der Waals surface area contributed by atoms with E-state index in [4.69, 9.17) is 0 Å². The van der Waals surface area contributed by atoms with Gasteiger partial charge in [0.1, 0.15) is 22.8 Å². The van der Waals surface area contributed by atoms with Crippen LogP contribution in [0.5, 0.6) is 0 Å². The normalized spacial score (nSPS) is 22.1. The summed E-state index contributed by atoms with van der Waals surface area (Å²) in [6.07, 6.45) is 5.78. The number of likely N-dealkylation sites (tertiary alicyclic amines) is 1. The molecule has 2 fully saturated rings. The van der Waals surface area contributed by atoms with Gasteiger partial charge in [0.15, 0.2) is 0 Å². The fourth-order valence-electron chi connectivity index (χ4n) is 5.27. The molecule has 4 rings (SSSR count). The maximum atomic E-state index is 13.9. The summed E-state index contributed by atoms with van der Waals surface area (Å²) >= 11 is 1.13. The van der Waals surface area contributed by atoms with Crippen LogP contribution in [0.1, 0.15) is 52.4 Å². The van der Waals surface area contributed by atoms with E-state index < -0.39 is 18.1 Å². The molecule has 1 aliphatic heterocycles. The molecule has 2 aliphatic rings. The predicted octanol–water partition coefficient (Wildman–Crippen LogP) is 3.05. The van der Waals surface area contributed by atoms with Gasteiger partial charge in [0, 0.05) is 23.6 Å². The van der Waals surface area contributed by atoms with Crippen molar-refractivity contribution in [2.75, 3.05) is 18.9 Å². The highest BCUT2D eigenvalue weighted by Gasteiger charge is 2.44. The number of aromatic nitrogens is 2. The molecule has 36 heavy (non-hydrogen) atoms. The molecular weight excluding hydrogens is 476 g/mol. The smallest absolute Gasteiger partial charge is 0.248 e. The van der Waals surface area contributed by atoms with Crippen molar-refractivity contribution in [2.45, 2.75) is 70.5 Å². The van der Waals surface area contributed by atoms with Crippen LogP contribution in [0.4, 0.5) is 5.00 Å². The molecule has 1 saturated heterocycles. The van der Waals surface area contributed by atoms with Crippen molar-refractivity contribution in [3.63, 3.8) is 0 Å². The monoisotopic (exact) mass is 512 g/mol. The maximum absolute atomic E-state index is 13.9. The van der Waals surface area contributed by atoms with Gasteiger partial charge in [-0.1, -0.05) is 61.0 Å². The van der Waals surface area contributed by atoms with Crippen LogP contribution in [-0.4, -0.2) is 63.9 Å². The van der Waals surface area contributed by atoms with E-state index in [0.717, 1.165) is 55.6 Å². The van der Waals surface area contributed by atoms with Crippen LogP contribution in [0.25, 0.3) is 11.3 Å². The quantitative estimate of drug-likeness (QED) is 0.501. The van der Waals surface area contributed by atoms with Gasteiger partial charge < -0.3 is 20.9 Å². The summed E-state index contributed by atoms with van der Waals surface area (Å²) in [6.45, 7) is 4.27. The second kappa shape index (κ2) is 11.9. The first-order valence-electron chi connectivity index (χ1n) is 12.9. The van der Waals surface area contributed by atoms with E-state index in [1.807, 2.05) is 37.3 Å². The zero-order valence-electron chi connectivity index (χ0n) is 21.2. The van der Waals surface area contributed by atoms with Crippen molar-refractivity contribution in [3.05, 3.63) is 30.3 Å². The topological polar surface area (TPSA) is 116 Å². The lowest BCUT2D eigenvalue weighted by Crippen LogP contribution is -2.58. The van der Waals surface area contributed by atoms with Gasteiger partial charge in [0.25, 0.3) is 0 Å². The number of hydrogen-bond acceptors (Lipinski definition) is 7. The van der Waals surface area contributed by atoms with Crippen LogP contribution in [0.3, 0.4) is 0 Å². The molecular formula is C26H36N6O3S. The van der Waals surface area contributed by atoms with Gasteiger partial charge in [-0.15, -0.1) is 5.10 Å². The number of nitrogens with zero attached hydrogens (tertiary/aromatic N) is 3. The third-order valence-electron chi connectivity index (χ3n) is 7.54. The van der Waals surface area contributed by atoms with Crippen LogP contribution in [0, 0.1) is 11.8 Å². The summed E-state index contributed by atoms with van der Waals surface area (Å²) in [6, 6.07) is 7.93. The Bertz CT molecular complexity index is 1050. The third kappa shape index (κ3) is 5.75. The van der Waals surface area contributed by atoms with Gasteiger partial charge >= 0.3 is 0 Å². The molecule has 1 saturated carbocycles. The SMILES string of the molecule is CN[C@@H](C)C(=O)N[C@H](C(=O)N1CC[C@H](C)[C@H]1C(=O)Nc1snnc1-c1ccccc1)C1CCCCC1. The lowest BCUT2D eigenvalue weighted by atomic mass is 9.83. The number of amides is 3. The second-order valence-electron chi connectivity index (χ2n) is 9.94. The number of rotatable bonds is 8. The molecule has 3 amide bonds. The first-order valence-corrected chi connectivity index (χ1v) is 13.6. The Labute approximate surface area is 216 Å². The zero-order chi connectivity index (χ0) is 25.7. The van der Waals surface area contributed by atoms with E-state index in [9.17, 15) is 14.4 Å². The molecule has 2 heterocycles. The van der Waals surface area contributed by atoms with Crippen molar-refractivity contribution in [2.24, 2.45) is 11.8 Å². The largest absolute Gasteiger partial charge is 0.343 e. The Kier molecular flexibility index (Phi) is 8.68. The predicted molar refractivity (Wildman–Crippen MR) is 140 cm³/mol. The van der Waals surface area contributed by atoms with Crippen molar-refractivity contribution in [1.29, 1.82) is 0 Å². The Morgan fingerprint density at radius 3 is 2.50 bits per heavy atom. The highest BCUT2D eigenvalue weighted by molar-refractivity contribution is 7.10. The zero-order valence-corrected chi connectivity index (χ0v) is 22.0. The van der Waals surface area contributed by atoms with Gasteiger partial charge in [-0.2, -0.15) is 0 Å². The summed E-state index contributed by atoms with van der Waals surface area (Å²) in [5, 5.41) is 13.7. The maximum Gasteiger partial charge on any atom is 0.248 e. The van der Waals surface area contributed by atoms with E-state index in [1.165, 1.54) is 0 Å². The number of anilines is 1. The van der Waals surface area contributed by atoms with Crippen LogP contribution >= 0.6 is 11.5 Å². The lowest BCUT2D eigenvalue weighted by Gasteiger charge is -2.35. The molecule has 9 nitrogen and oxygen atoms in total. The fraction of sp³-hybridized carbons (Fsp3) is 0.577. The Morgan fingerprint density at radius 2 is 1.81 bits per heavy atom. The number of hydrogen-bond donors (Lipinski definition) is 3. The lowest BCUT2D eigenvalue weighted by molar-refractivity contribution is -0.142. The number of likely N-dealkylation sites (N-methyl/N-ethyl adjacent to an activating group) is 1. The van der Waals surface area contributed by atoms with Gasteiger partial charge in [0.05, 0.1) is 6.04 Å². The Balaban J connectivity index is 1.54. The summed E-state index contributed by atoms with van der Waals surface area (Å²) < 4.78 is 4.04. The molecule has 1 aromatic heterocycles. The van der Waals surface area contributed by atoms with Crippen LogP contribution in [0.2, 0.25) is 0 Å². The number of benzene rings is 1. The second-order valence-corrected chi connectivity index (χ2v) is 10.7. The molecule has 2 aromatic rings. The molecule has 0 radical (unpaired) electrons. The summed E-state index contributed by atoms with van der Waals surface area (Å²) in [7, 11) is 1.72. The van der Waals surface area contributed by atoms with E-state index in [0.29, 0.717) is 17.2 Å². The highest BCUT2D eigenvalue weighted by atomic mass is 32.1. The number of nitrogens with one attached hydrogen (secondary N) is 3. The van der Waals surface area contributed by atoms with Crippen LogP contribution in [0.15, 0.2) is 30.3 Å². The minimum absolute atomic E-state index is 0.00561. The molecule has 10 heteroatoms. The number of carbonyl (C=O) groups is 3. The van der Waals surface area contributed by atoms with E-state index >= 15 is 0 Å². The van der Waals surface area contributed by atoms with E-state index in [1.54, 1.807) is 18.9 Å². The number of carbonyl (C=O) groups excluding carboxylic acids is 3. The van der Waals surface area contributed by atoms with Gasteiger partial charge in [0.2, 0.25) is 17.7 Å². The average molecular weight is 513 g/mol. The third-order valence-corrected chi connectivity index (χ3v) is 8.18. The minimum atomic E-state index is -0.626. The van der Waals surface area contributed by atoms with Gasteiger partial charge in [-0.25, -0.2) is 0 Å². The van der Waals surface area contributed by atoms with Gasteiger partial charge in [-0.3, -0.25) is 14.4 Å². The van der Waals surface area contributed by atoms with E-state index in [-0.39, 0.29) is 29.6 Å². The van der Waals surface area contributed by atoms with Crippen molar-refractivity contribution < 1.29 is 14.4 Å². The van der Waals surface area contributed by atoms with Crippen molar-refractivity contribution in [1.82, 2.24) is 25.1 Å². The Hall–Kier alpha value is -2.85. The standard InChI is InChI=1S/C26H36N6O3S/c1-16-14-15-32(26(35)21(19-12-8-5-9-13-19)28-23(33)17(2)27-3)22(16)24(34)29-25-20(30-31-36-25)18-10-6-4-7-11-18/h4,6-7,10-11,16-17,19,21-22,27H,5,8-9,12-15H2,1-3H3,(H,28,33)(H,29,34)/t16-,17-,21-,22-/m0/s1.